The smallest absolute Gasteiger partial charge is 0.248 e. The summed E-state index contributed by atoms with van der Waals surface area (Å²) in [6.07, 6.45) is 20.2. The molecule has 0 spiro atoms. The molecule has 0 saturated heterocycles. The van der Waals surface area contributed by atoms with Crippen LogP contribution in [0.15, 0.2) is 30.8 Å². The van der Waals surface area contributed by atoms with Gasteiger partial charge in [0.05, 0.1) is 0 Å². The molecule has 0 unspecified atom stereocenters. The monoisotopic (exact) mass is 371 g/mol. The van der Waals surface area contributed by atoms with E-state index in [9.17, 15) is 4.79 Å². The number of rotatable bonds is 17. The van der Waals surface area contributed by atoms with Crippen molar-refractivity contribution in [2.45, 2.75) is 103 Å². The Labute approximate surface area is 167 Å². The second-order valence-corrected chi connectivity index (χ2v) is 7.85. The van der Waals surface area contributed by atoms with E-state index < -0.39 is 5.91 Å². The highest BCUT2D eigenvalue weighted by Crippen LogP contribution is 2.20. The number of carbonyl (C=O) groups is 1. The number of carbonyl (C=O) groups excluding carboxylic acids is 1. The number of hydrogen-bond donors (Lipinski definition) is 1. The van der Waals surface area contributed by atoms with E-state index in [1.165, 1.54) is 95.5 Å². The molecule has 27 heavy (non-hydrogen) atoms. The fourth-order valence-corrected chi connectivity index (χ4v) is 3.68. The van der Waals surface area contributed by atoms with Crippen LogP contribution in [0.2, 0.25) is 0 Å². The van der Waals surface area contributed by atoms with E-state index >= 15 is 0 Å². The molecule has 1 rings (SSSR count). The molecule has 2 nitrogen and oxygen atoms in total. The van der Waals surface area contributed by atoms with Crippen LogP contribution in [0.1, 0.15) is 108 Å². The van der Waals surface area contributed by atoms with Crippen LogP contribution < -0.4 is 5.73 Å². The van der Waals surface area contributed by atoms with Crippen molar-refractivity contribution in [3.8, 4) is 0 Å². The molecule has 0 saturated carbocycles. The highest BCUT2D eigenvalue weighted by Gasteiger charge is 2.09. The van der Waals surface area contributed by atoms with Gasteiger partial charge in [-0.15, -0.1) is 0 Å². The van der Waals surface area contributed by atoms with E-state index in [1.807, 2.05) is 18.2 Å². The highest BCUT2D eigenvalue weighted by atomic mass is 16.1. The van der Waals surface area contributed by atoms with Crippen LogP contribution in [0, 0.1) is 0 Å². The van der Waals surface area contributed by atoms with Crippen LogP contribution in [-0.2, 0) is 11.2 Å². The molecule has 0 atom stereocenters. The summed E-state index contributed by atoms with van der Waals surface area (Å²) in [7, 11) is 0. The lowest BCUT2D eigenvalue weighted by molar-refractivity contribution is -0.112. The normalized spacial score (nSPS) is 10.9. The largest absolute Gasteiger partial charge is 0.366 e. The molecule has 0 heterocycles. The molecule has 0 aliphatic heterocycles. The average Bonchev–Trinajstić information content (AvgIpc) is 2.68. The van der Waals surface area contributed by atoms with Crippen molar-refractivity contribution < 1.29 is 4.79 Å². The molecule has 0 fully saturated rings. The molecule has 2 N–H and O–H groups in total. The number of benzene rings is 1. The molecular formula is C25H41NO. The maximum Gasteiger partial charge on any atom is 0.248 e. The average molecular weight is 372 g/mol. The Kier molecular flexibility index (Phi) is 13.5. The molecule has 0 radical (unpaired) electrons. The van der Waals surface area contributed by atoms with Gasteiger partial charge >= 0.3 is 0 Å². The summed E-state index contributed by atoms with van der Waals surface area (Å²) in [6, 6.07) is 8.01. The standard InChI is InChI=1S/C25H41NO/c1-3-4-5-6-7-8-9-10-11-12-13-14-15-16-19-23-20-17-18-21-24(23)22(2)25(26)27/h17-18,20-21H,2-16,19H2,1H3,(H2,26,27). The van der Waals surface area contributed by atoms with Crippen LogP contribution in [0.3, 0.4) is 0 Å². The van der Waals surface area contributed by atoms with Crippen LogP contribution >= 0.6 is 0 Å². The first kappa shape index (κ1) is 23.5. The number of nitrogens with two attached hydrogens (primary N) is 1. The van der Waals surface area contributed by atoms with Crippen molar-refractivity contribution in [1.29, 1.82) is 0 Å². The first-order valence-electron chi connectivity index (χ1n) is 11.2. The lowest BCUT2D eigenvalue weighted by Gasteiger charge is -2.09. The predicted octanol–water partition coefficient (Wildman–Crippen LogP) is 7.21. The molecule has 1 aromatic carbocycles. The zero-order valence-corrected chi connectivity index (χ0v) is 17.6. The van der Waals surface area contributed by atoms with Gasteiger partial charge in [0, 0.05) is 5.57 Å². The topological polar surface area (TPSA) is 43.1 Å². The van der Waals surface area contributed by atoms with E-state index in [0.29, 0.717) is 5.57 Å². The highest BCUT2D eigenvalue weighted by molar-refractivity contribution is 6.18. The lowest BCUT2D eigenvalue weighted by atomic mass is 9.96. The fraction of sp³-hybridized carbons (Fsp3) is 0.640. The Balaban J connectivity index is 2.01. The van der Waals surface area contributed by atoms with E-state index in [1.54, 1.807) is 0 Å². The van der Waals surface area contributed by atoms with Crippen molar-refractivity contribution in [3.05, 3.63) is 42.0 Å². The Bertz CT molecular complexity index is 535. The third-order valence-electron chi connectivity index (χ3n) is 5.44. The summed E-state index contributed by atoms with van der Waals surface area (Å²) < 4.78 is 0. The molecular weight excluding hydrogens is 330 g/mol. The van der Waals surface area contributed by atoms with Crippen LogP contribution in [-0.4, -0.2) is 5.91 Å². The first-order valence-corrected chi connectivity index (χ1v) is 11.2. The first-order chi connectivity index (χ1) is 13.2. The number of aryl methyl sites for hydroxylation is 1. The van der Waals surface area contributed by atoms with Crippen molar-refractivity contribution in [1.82, 2.24) is 0 Å². The third-order valence-corrected chi connectivity index (χ3v) is 5.44. The van der Waals surface area contributed by atoms with E-state index in [0.717, 1.165) is 12.0 Å². The summed E-state index contributed by atoms with van der Waals surface area (Å²) in [6.45, 7) is 6.11. The van der Waals surface area contributed by atoms with E-state index in [-0.39, 0.29) is 0 Å². The Morgan fingerprint density at radius 2 is 1.22 bits per heavy atom. The second kappa shape index (κ2) is 15.5. The van der Waals surface area contributed by atoms with Crippen molar-refractivity contribution in [2.24, 2.45) is 5.73 Å². The SMILES string of the molecule is C=C(C(N)=O)c1ccccc1CCCCCCCCCCCCCCCC. The van der Waals surface area contributed by atoms with Crippen molar-refractivity contribution in [3.63, 3.8) is 0 Å². The second-order valence-electron chi connectivity index (χ2n) is 7.85. The Morgan fingerprint density at radius 1 is 0.778 bits per heavy atom. The van der Waals surface area contributed by atoms with Crippen LogP contribution in [0.5, 0.6) is 0 Å². The summed E-state index contributed by atoms with van der Waals surface area (Å²) in [5.74, 6) is -0.427. The van der Waals surface area contributed by atoms with Crippen LogP contribution in [0.4, 0.5) is 0 Å². The van der Waals surface area contributed by atoms with Crippen molar-refractivity contribution >= 4 is 11.5 Å². The maximum absolute atomic E-state index is 11.4. The van der Waals surface area contributed by atoms with Gasteiger partial charge in [0.15, 0.2) is 0 Å². The minimum atomic E-state index is -0.427. The maximum atomic E-state index is 11.4. The summed E-state index contributed by atoms with van der Waals surface area (Å²) in [4.78, 5) is 11.4. The number of amides is 1. The molecule has 1 aromatic rings. The van der Waals surface area contributed by atoms with E-state index in [2.05, 4.69) is 19.6 Å². The molecule has 1 amide bonds. The van der Waals surface area contributed by atoms with Gasteiger partial charge in [-0.2, -0.15) is 0 Å². The van der Waals surface area contributed by atoms with Crippen molar-refractivity contribution in [2.75, 3.05) is 0 Å². The third kappa shape index (κ3) is 11.0. The molecule has 152 valence electrons. The number of unbranched alkanes of at least 4 members (excludes halogenated alkanes) is 13. The fourth-order valence-electron chi connectivity index (χ4n) is 3.68. The van der Waals surface area contributed by atoms with Gasteiger partial charge in [0.25, 0.3) is 0 Å². The number of hydrogen-bond acceptors (Lipinski definition) is 1. The Hall–Kier alpha value is -1.57. The van der Waals surface area contributed by atoms with Gasteiger partial charge in [-0.1, -0.05) is 121 Å². The zero-order valence-electron chi connectivity index (χ0n) is 17.6. The predicted molar refractivity (Wildman–Crippen MR) is 119 cm³/mol. The molecule has 0 aliphatic carbocycles. The lowest BCUT2D eigenvalue weighted by Crippen LogP contribution is -2.13. The summed E-state index contributed by atoms with van der Waals surface area (Å²) >= 11 is 0. The molecule has 0 bridgehead atoms. The number of primary amides is 1. The minimum Gasteiger partial charge on any atom is -0.366 e. The summed E-state index contributed by atoms with van der Waals surface area (Å²) in [5, 5.41) is 0. The van der Waals surface area contributed by atoms with Crippen LogP contribution in [0.25, 0.3) is 5.57 Å². The Morgan fingerprint density at radius 3 is 1.70 bits per heavy atom. The molecule has 0 aromatic heterocycles. The van der Waals surface area contributed by atoms with Gasteiger partial charge in [0.2, 0.25) is 5.91 Å². The van der Waals surface area contributed by atoms with Gasteiger partial charge in [0.1, 0.15) is 0 Å². The minimum absolute atomic E-state index is 0.427. The van der Waals surface area contributed by atoms with Gasteiger partial charge < -0.3 is 5.73 Å². The van der Waals surface area contributed by atoms with Gasteiger partial charge in [-0.3, -0.25) is 4.79 Å². The molecule has 0 aliphatic rings. The quantitative estimate of drug-likeness (QED) is 0.228. The molecule has 2 heteroatoms. The van der Waals surface area contributed by atoms with E-state index in [4.69, 9.17) is 5.73 Å². The van der Waals surface area contributed by atoms with Gasteiger partial charge in [-0.25, -0.2) is 0 Å². The zero-order chi connectivity index (χ0) is 19.7. The van der Waals surface area contributed by atoms with Gasteiger partial charge in [-0.05, 0) is 24.0 Å². The summed E-state index contributed by atoms with van der Waals surface area (Å²) in [5.41, 5.74) is 7.92.